The van der Waals surface area contributed by atoms with Crippen LogP contribution in [0.4, 0.5) is 0 Å². The molecule has 0 saturated heterocycles. The van der Waals surface area contributed by atoms with Gasteiger partial charge in [-0.3, -0.25) is 14.6 Å². The molecule has 1 aliphatic rings. The van der Waals surface area contributed by atoms with Gasteiger partial charge in [0.2, 0.25) is 0 Å². The minimum Gasteiger partial charge on any atom is -0.466 e. The van der Waals surface area contributed by atoms with E-state index in [9.17, 15) is 9.59 Å². The van der Waals surface area contributed by atoms with Crippen molar-refractivity contribution in [3.8, 4) is 0 Å². The smallest absolute Gasteiger partial charge is 0.305 e. The molecule has 1 rings (SSSR count). The van der Waals surface area contributed by atoms with Crippen molar-refractivity contribution >= 4 is 17.6 Å². The molecule has 0 heterocycles. The first-order valence-electron chi connectivity index (χ1n) is 8.50. The first-order chi connectivity index (χ1) is 10.5. The molecule has 22 heavy (non-hydrogen) atoms. The maximum absolute atomic E-state index is 11.7. The van der Waals surface area contributed by atoms with E-state index in [1.807, 2.05) is 6.92 Å². The fourth-order valence-corrected chi connectivity index (χ4v) is 2.18. The normalized spacial score (nSPS) is 16.2. The van der Waals surface area contributed by atoms with Gasteiger partial charge >= 0.3 is 5.97 Å². The van der Waals surface area contributed by atoms with Crippen LogP contribution in [0.25, 0.3) is 0 Å². The van der Waals surface area contributed by atoms with E-state index in [2.05, 4.69) is 17.2 Å². The van der Waals surface area contributed by atoms with Crippen LogP contribution in [-0.2, 0) is 14.3 Å². The number of nitrogens with zero attached hydrogens (tertiary/aromatic N) is 1. The molecule has 1 saturated carbocycles. The highest BCUT2D eigenvalue weighted by atomic mass is 16.5. The van der Waals surface area contributed by atoms with Crippen LogP contribution in [0.2, 0.25) is 0 Å². The third-order valence-electron chi connectivity index (χ3n) is 3.84. The lowest BCUT2D eigenvalue weighted by molar-refractivity contribution is -0.143. The molecule has 0 aromatic heterocycles. The number of ether oxygens (including phenoxy) is 1. The Hall–Kier alpha value is -1.39. The maximum Gasteiger partial charge on any atom is 0.305 e. The van der Waals surface area contributed by atoms with Crippen LogP contribution in [0.5, 0.6) is 0 Å². The van der Waals surface area contributed by atoms with Crippen LogP contribution in [-0.4, -0.2) is 36.8 Å². The molecule has 1 unspecified atom stereocenters. The lowest BCUT2D eigenvalue weighted by Gasteiger charge is -2.10. The summed E-state index contributed by atoms with van der Waals surface area (Å²) in [5.74, 6) is 0.397. The Labute approximate surface area is 133 Å². The van der Waals surface area contributed by atoms with E-state index < -0.39 is 0 Å². The van der Waals surface area contributed by atoms with E-state index in [4.69, 9.17) is 4.74 Å². The van der Waals surface area contributed by atoms with Gasteiger partial charge in [-0.25, -0.2) is 0 Å². The summed E-state index contributed by atoms with van der Waals surface area (Å²) < 4.78 is 4.92. The minimum atomic E-state index is -0.101. The van der Waals surface area contributed by atoms with Gasteiger partial charge in [0.25, 0.3) is 5.91 Å². The molecule has 1 fully saturated rings. The highest BCUT2D eigenvalue weighted by molar-refractivity contribution is 6.38. The van der Waals surface area contributed by atoms with E-state index in [1.54, 1.807) is 6.92 Å². The zero-order valence-electron chi connectivity index (χ0n) is 14.2. The number of carbonyl (C=O) groups is 2. The molecule has 5 heteroatoms. The molecule has 0 aromatic rings. The molecular weight excluding hydrogens is 280 g/mol. The molecule has 1 aliphatic carbocycles. The lowest BCUT2D eigenvalue weighted by Crippen LogP contribution is -2.31. The summed E-state index contributed by atoms with van der Waals surface area (Å²) in [6.07, 6.45) is 6.73. The van der Waals surface area contributed by atoms with Crippen LogP contribution in [0.1, 0.15) is 65.7 Å². The summed E-state index contributed by atoms with van der Waals surface area (Å²) in [6, 6.07) is 0.387. The van der Waals surface area contributed by atoms with E-state index in [0.29, 0.717) is 37.2 Å². The number of nitrogens with one attached hydrogen (secondary N) is 1. The third-order valence-corrected chi connectivity index (χ3v) is 3.84. The van der Waals surface area contributed by atoms with E-state index >= 15 is 0 Å². The van der Waals surface area contributed by atoms with Crippen molar-refractivity contribution in [1.82, 2.24) is 5.32 Å². The van der Waals surface area contributed by atoms with Crippen LogP contribution in [0.15, 0.2) is 4.99 Å². The predicted octanol–water partition coefficient (Wildman–Crippen LogP) is 2.88. The van der Waals surface area contributed by atoms with Gasteiger partial charge in [-0.2, -0.15) is 0 Å². The Morgan fingerprint density at radius 3 is 2.64 bits per heavy atom. The number of hydrogen-bond donors (Lipinski definition) is 1. The molecule has 0 aromatic carbocycles. The zero-order chi connectivity index (χ0) is 16.4. The Kier molecular flexibility index (Phi) is 8.78. The zero-order valence-corrected chi connectivity index (χ0v) is 14.2. The monoisotopic (exact) mass is 310 g/mol. The van der Waals surface area contributed by atoms with Crippen molar-refractivity contribution in [3.63, 3.8) is 0 Å². The Morgan fingerprint density at radius 1 is 1.27 bits per heavy atom. The van der Waals surface area contributed by atoms with Crippen molar-refractivity contribution in [2.24, 2.45) is 10.9 Å². The molecule has 0 bridgehead atoms. The van der Waals surface area contributed by atoms with Gasteiger partial charge in [0.05, 0.1) is 12.3 Å². The van der Waals surface area contributed by atoms with Crippen molar-refractivity contribution in [1.29, 1.82) is 0 Å². The average molecular weight is 310 g/mol. The Bertz CT molecular complexity index is 389. The quantitative estimate of drug-likeness (QED) is 0.362. The standard InChI is InChI=1S/C17H30N2O3/c1-4-22-16(20)11-8-13(2)7-5-6-12-18-14(3)17(21)19-15-9-10-15/h13,15H,4-12H2,1-3H3,(H,19,21). The summed E-state index contributed by atoms with van der Waals surface area (Å²) in [7, 11) is 0. The van der Waals surface area contributed by atoms with Crippen LogP contribution >= 0.6 is 0 Å². The highest BCUT2D eigenvalue weighted by Crippen LogP contribution is 2.18. The van der Waals surface area contributed by atoms with Gasteiger partial charge in [0.1, 0.15) is 0 Å². The molecular formula is C17H30N2O3. The number of carbonyl (C=O) groups excluding carboxylic acids is 2. The third kappa shape index (κ3) is 8.80. The van der Waals surface area contributed by atoms with Crippen molar-refractivity contribution in [2.75, 3.05) is 13.2 Å². The molecule has 0 radical (unpaired) electrons. The molecule has 0 aliphatic heterocycles. The Morgan fingerprint density at radius 2 is 2.00 bits per heavy atom. The molecule has 0 spiro atoms. The molecule has 126 valence electrons. The second-order valence-electron chi connectivity index (χ2n) is 6.16. The summed E-state index contributed by atoms with van der Waals surface area (Å²) in [5, 5.41) is 2.94. The summed E-state index contributed by atoms with van der Waals surface area (Å²) in [4.78, 5) is 27.3. The van der Waals surface area contributed by atoms with E-state index in [0.717, 1.165) is 38.5 Å². The molecule has 1 atom stereocenters. The van der Waals surface area contributed by atoms with Crippen molar-refractivity contribution in [2.45, 2.75) is 71.8 Å². The van der Waals surface area contributed by atoms with Gasteiger partial charge in [-0.05, 0) is 45.4 Å². The number of aliphatic imine (C=N–C) groups is 1. The number of hydrogen-bond acceptors (Lipinski definition) is 4. The average Bonchev–Trinajstić information content (AvgIpc) is 3.28. The second kappa shape index (κ2) is 10.4. The molecule has 1 amide bonds. The van der Waals surface area contributed by atoms with Gasteiger partial charge < -0.3 is 10.1 Å². The number of amides is 1. The summed E-state index contributed by atoms with van der Waals surface area (Å²) in [5.41, 5.74) is 0.585. The van der Waals surface area contributed by atoms with Crippen molar-refractivity contribution in [3.05, 3.63) is 0 Å². The largest absolute Gasteiger partial charge is 0.466 e. The summed E-state index contributed by atoms with van der Waals surface area (Å²) >= 11 is 0. The molecule has 5 nitrogen and oxygen atoms in total. The van der Waals surface area contributed by atoms with Crippen LogP contribution in [0, 0.1) is 5.92 Å². The van der Waals surface area contributed by atoms with Gasteiger partial charge in [-0.15, -0.1) is 0 Å². The summed E-state index contributed by atoms with van der Waals surface area (Å²) in [6.45, 7) is 6.93. The second-order valence-corrected chi connectivity index (χ2v) is 6.16. The molecule has 1 N–H and O–H groups in total. The van der Waals surface area contributed by atoms with Gasteiger partial charge in [0, 0.05) is 19.0 Å². The van der Waals surface area contributed by atoms with Crippen LogP contribution < -0.4 is 5.32 Å². The SMILES string of the molecule is CCOC(=O)CCC(C)CCCCN=C(C)C(=O)NC1CC1. The number of unbranched alkanes of at least 4 members (excludes halogenated alkanes) is 1. The fraction of sp³-hybridized carbons (Fsp3) is 0.824. The van der Waals surface area contributed by atoms with Gasteiger partial charge in [-0.1, -0.05) is 19.8 Å². The van der Waals surface area contributed by atoms with E-state index in [1.165, 1.54) is 0 Å². The topological polar surface area (TPSA) is 67.8 Å². The number of esters is 1. The first kappa shape index (κ1) is 18.7. The number of rotatable bonds is 11. The van der Waals surface area contributed by atoms with E-state index in [-0.39, 0.29) is 11.9 Å². The maximum atomic E-state index is 11.7. The predicted molar refractivity (Wildman–Crippen MR) is 88.0 cm³/mol. The minimum absolute atomic E-state index is 0.0229. The fourth-order valence-electron chi connectivity index (χ4n) is 2.18. The Balaban J connectivity index is 2.03. The highest BCUT2D eigenvalue weighted by Gasteiger charge is 2.23. The lowest BCUT2D eigenvalue weighted by atomic mass is 9.99. The van der Waals surface area contributed by atoms with Crippen molar-refractivity contribution < 1.29 is 14.3 Å². The van der Waals surface area contributed by atoms with Crippen LogP contribution in [0.3, 0.4) is 0 Å². The van der Waals surface area contributed by atoms with Gasteiger partial charge in [0.15, 0.2) is 0 Å². The first-order valence-corrected chi connectivity index (χ1v) is 8.50.